The zero-order valence-corrected chi connectivity index (χ0v) is 38.2. The standard InChI is InChI=1S/C49H56N5O9P/c1-33(2)54(34(3)4)64(62-28-14-27-50)63-44-43-42(53-29-35(5)45(52-47(53)56)51-46(55)37-17-12-9-13-18-37)31-60-48(44,32-59-43)49(38-19-23-40(57-6)24-20-38,39-21-25-41(58-7)26-22-39)61-30-36-15-10-8-11-16-36/h8-13,15-26,29,33-34,42-44H,14,28,30-32H2,1-7H3,(H,51,52,55,56)/t42-,43+,44+,48-,64?/m1/s1. The molecule has 2 fully saturated rings. The number of aromatic nitrogens is 2. The number of nitrogens with zero attached hydrogens (tertiary/aromatic N) is 4. The Balaban J connectivity index is 1.42. The van der Waals surface area contributed by atoms with Crippen molar-refractivity contribution in [3.63, 3.8) is 0 Å². The first kappa shape index (κ1) is 46.5. The van der Waals surface area contributed by atoms with Gasteiger partial charge in [0, 0.05) is 29.4 Å². The van der Waals surface area contributed by atoms with Crippen LogP contribution in [0.5, 0.6) is 11.5 Å². The van der Waals surface area contributed by atoms with Crippen molar-refractivity contribution in [2.24, 2.45) is 0 Å². The fourth-order valence-electron chi connectivity index (χ4n) is 8.66. The number of hydrogen-bond acceptors (Lipinski definition) is 12. The van der Waals surface area contributed by atoms with Gasteiger partial charge in [0.2, 0.25) is 0 Å². The van der Waals surface area contributed by atoms with Crippen LogP contribution in [0.3, 0.4) is 0 Å². The molecule has 1 unspecified atom stereocenters. The summed E-state index contributed by atoms with van der Waals surface area (Å²) in [6.07, 6.45) is 0.0300. The predicted octanol–water partition coefficient (Wildman–Crippen LogP) is 8.35. The summed E-state index contributed by atoms with van der Waals surface area (Å²) in [7, 11) is 1.34. The molecule has 3 heterocycles. The minimum Gasteiger partial charge on any atom is -0.497 e. The van der Waals surface area contributed by atoms with Crippen LogP contribution in [0, 0.1) is 18.3 Å². The van der Waals surface area contributed by atoms with Crippen molar-refractivity contribution in [3.05, 3.63) is 154 Å². The predicted molar refractivity (Wildman–Crippen MR) is 243 cm³/mol. The van der Waals surface area contributed by atoms with Gasteiger partial charge in [0.05, 0.1) is 59.2 Å². The molecule has 1 amide bonds. The average molecular weight is 890 g/mol. The van der Waals surface area contributed by atoms with Gasteiger partial charge in [-0.2, -0.15) is 10.2 Å². The van der Waals surface area contributed by atoms with E-state index < -0.39 is 43.7 Å². The maximum absolute atomic E-state index is 14.2. The number of nitrogens with one attached hydrogen (secondary N) is 1. The van der Waals surface area contributed by atoms with Gasteiger partial charge in [-0.15, -0.1) is 0 Å². The van der Waals surface area contributed by atoms with E-state index >= 15 is 0 Å². The van der Waals surface area contributed by atoms with E-state index in [2.05, 4.69) is 48.7 Å². The van der Waals surface area contributed by atoms with E-state index in [-0.39, 0.29) is 56.7 Å². The third kappa shape index (κ3) is 9.34. The van der Waals surface area contributed by atoms with E-state index in [1.807, 2.05) is 84.9 Å². The zero-order chi connectivity index (χ0) is 45.4. The molecular weight excluding hydrogens is 834 g/mol. The number of anilines is 1. The second kappa shape index (κ2) is 20.6. The summed E-state index contributed by atoms with van der Waals surface area (Å²) in [6, 6.07) is 35.4. The molecule has 0 spiro atoms. The number of methoxy groups -OCH3 is 2. The minimum absolute atomic E-state index is 0.00464. The van der Waals surface area contributed by atoms with E-state index in [0.717, 1.165) is 16.7 Å². The van der Waals surface area contributed by atoms with Crippen molar-refractivity contribution in [1.82, 2.24) is 14.2 Å². The lowest BCUT2D eigenvalue weighted by Crippen LogP contribution is -2.67. The third-order valence-corrected chi connectivity index (χ3v) is 13.8. The van der Waals surface area contributed by atoms with Gasteiger partial charge >= 0.3 is 5.69 Å². The summed E-state index contributed by atoms with van der Waals surface area (Å²) in [4.78, 5) is 31.8. The summed E-state index contributed by atoms with van der Waals surface area (Å²) in [5.74, 6) is 1.05. The highest BCUT2D eigenvalue weighted by atomic mass is 31.2. The van der Waals surface area contributed by atoms with Crippen LogP contribution in [0.1, 0.15) is 72.8 Å². The molecule has 1 N–H and O–H groups in total. The Morgan fingerprint density at radius 1 is 0.938 bits per heavy atom. The van der Waals surface area contributed by atoms with Crippen molar-refractivity contribution in [3.8, 4) is 17.6 Å². The Bertz CT molecular complexity index is 2370. The van der Waals surface area contributed by atoms with Gasteiger partial charge in [-0.1, -0.05) is 72.8 Å². The normalized spacial score (nSPS) is 20.0. The first-order chi connectivity index (χ1) is 31.0. The number of carbonyl (C=O) groups is 1. The molecule has 0 radical (unpaired) electrons. The summed E-state index contributed by atoms with van der Waals surface area (Å²) in [5.41, 5.74) is -0.128. The lowest BCUT2D eigenvalue weighted by Gasteiger charge is -2.54. The Morgan fingerprint density at radius 3 is 2.09 bits per heavy atom. The first-order valence-corrected chi connectivity index (χ1v) is 22.5. The van der Waals surface area contributed by atoms with Crippen molar-refractivity contribution < 1.29 is 37.5 Å². The molecule has 2 aliphatic rings. The quantitative estimate of drug-likeness (QED) is 0.0626. The van der Waals surface area contributed by atoms with Crippen LogP contribution in [0.15, 0.2) is 120 Å². The Hall–Kier alpha value is -5.49. The second-order valence-electron chi connectivity index (χ2n) is 16.3. The van der Waals surface area contributed by atoms with E-state index in [1.165, 1.54) is 4.57 Å². The Morgan fingerprint density at radius 2 is 1.53 bits per heavy atom. The molecule has 0 saturated carbocycles. The van der Waals surface area contributed by atoms with E-state index in [9.17, 15) is 14.9 Å². The van der Waals surface area contributed by atoms with Gasteiger partial charge in [0.15, 0.2) is 11.2 Å². The maximum atomic E-state index is 14.2. The van der Waals surface area contributed by atoms with E-state index in [1.54, 1.807) is 51.6 Å². The van der Waals surface area contributed by atoms with Crippen LogP contribution in [0.25, 0.3) is 0 Å². The molecular formula is C49H56N5O9P. The monoisotopic (exact) mass is 889 g/mol. The Labute approximate surface area is 376 Å². The van der Waals surface area contributed by atoms with Crippen LogP contribution in [0.4, 0.5) is 5.82 Å². The molecule has 1 aromatic heterocycles. The van der Waals surface area contributed by atoms with Crippen LogP contribution in [-0.4, -0.2) is 84.1 Å². The number of rotatable bonds is 19. The molecule has 0 aliphatic carbocycles. The molecule has 2 saturated heterocycles. The minimum atomic E-state index is -1.90. The van der Waals surface area contributed by atoms with E-state index in [4.69, 9.17) is 32.7 Å². The SMILES string of the molecule is COc1ccc(C(OCc2ccccc2)(c2ccc(OC)cc2)[C@]23CO[C@@H]([C@H](n4cc(C)c(NC(=O)c5ccccc5)nc4=O)CO2)[C@@H]3OP(OCCC#N)N(C(C)C)C(C)C)cc1. The molecule has 4 aromatic carbocycles. The van der Waals surface area contributed by atoms with Crippen molar-refractivity contribution in [2.75, 3.05) is 39.4 Å². The molecule has 5 aromatic rings. The second-order valence-corrected chi connectivity index (χ2v) is 17.7. The highest BCUT2D eigenvalue weighted by Crippen LogP contribution is 2.60. The number of nitriles is 1. The van der Waals surface area contributed by atoms with Crippen molar-refractivity contribution in [1.29, 1.82) is 5.26 Å². The third-order valence-electron chi connectivity index (χ3n) is 11.7. The smallest absolute Gasteiger partial charge is 0.349 e. The lowest BCUT2D eigenvalue weighted by atomic mass is 9.68. The molecule has 14 nitrogen and oxygen atoms in total. The van der Waals surface area contributed by atoms with Gasteiger partial charge in [-0.3, -0.25) is 9.36 Å². The lowest BCUT2D eigenvalue weighted by molar-refractivity contribution is -0.242. The highest BCUT2D eigenvalue weighted by molar-refractivity contribution is 7.44. The number of carbonyl (C=O) groups excluding carboxylic acids is 1. The van der Waals surface area contributed by atoms with Gasteiger partial charge in [0.1, 0.15) is 29.5 Å². The molecule has 15 heteroatoms. The molecule has 2 bridgehead atoms. The summed E-state index contributed by atoms with van der Waals surface area (Å²) in [5, 5.41) is 12.4. The molecule has 336 valence electrons. The Kier molecular flexibility index (Phi) is 14.9. The molecule has 2 aliphatic heterocycles. The van der Waals surface area contributed by atoms with Crippen LogP contribution in [0.2, 0.25) is 0 Å². The zero-order valence-electron chi connectivity index (χ0n) is 37.3. The fourth-order valence-corrected chi connectivity index (χ4v) is 10.4. The van der Waals surface area contributed by atoms with Crippen LogP contribution in [-0.2, 0) is 35.5 Å². The molecule has 7 rings (SSSR count). The maximum Gasteiger partial charge on any atom is 0.349 e. The number of amides is 1. The number of hydrogen-bond donors (Lipinski definition) is 1. The summed E-state index contributed by atoms with van der Waals surface area (Å²) < 4.78 is 50.7. The van der Waals surface area contributed by atoms with Crippen LogP contribution >= 0.6 is 8.53 Å². The van der Waals surface area contributed by atoms with Crippen molar-refractivity contribution in [2.45, 2.75) is 89.2 Å². The highest BCUT2D eigenvalue weighted by Gasteiger charge is 2.71. The fraction of sp³-hybridized carbons (Fsp3) is 0.388. The average Bonchev–Trinajstić information content (AvgIpc) is 3.54. The van der Waals surface area contributed by atoms with Crippen LogP contribution < -0.4 is 20.5 Å². The van der Waals surface area contributed by atoms with E-state index in [0.29, 0.717) is 22.6 Å². The van der Waals surface area contributed by atoms with Gasteiger partial charge in [-0.25, -0.2) is 9.46 Å². The van der Waals surface area contributed by atoms with Crippen molar-refractivity contribution >= 4 is 20.3 Å². The van der Waals surface area contributed by atoms with Gasteiger partial charge < -0.3 is 38.0 Å². The summed E-state index contributed by atoms with van der Waals surface area (Å²) >= 11 is 0. The largest absolute Gasteiger partial charge is 0.497 e. The number of benzene rings is 4. The first-order valence-electron chi connectivity index (χ1n) is 21.4. The number of ether oxygens (including phenoxy) is 5. The van der Waals surface area contributed by atoms with Gasteiger partial charge in [0.25, 0.3) is 14.4 Å². The summed E-state index contributed by atoms with van der Waals surface area (Å²) in [6.45, 7) is 10.3. The van der Waals surface area contributed by atoms with Gasteiger partial charge in [-0.05, 0) is 87.7 Å². The number of aryl methyl sites for hydroxylation is 1. The topological polar surface area (TPSA) is 156 Å². The number of fused-ring (bicyclic) bond motifs is 2. The molecule has 64 heavy (non-hydrogen) atoms. The molecule has 5 atom stereocenters.